The van der Waals surface area contributed by atoms with Gasteiger partial charge >= 0.3 is 0 Å². The fourth-order valence-electron chi connectivity index (χ4n) is 2.52. The fraction of sp³-hybridized carbons (Fsp3) is 0.467. The van der Waals surface area contributed by atoms with E-state index in [0.717, 1.165) is 35.1 Å². The molecule has 0 spiro atoms. The van der Waals surface area contributed by atoms with E-state index in [4.69, 9.17) is 0 Å². The van der Waals surface area contributed by atoms with Crippen LogP contribution in [-0.4, -0.2) is 27.4 Å². The number of carbonyl (C=O) groups is 1. The molecule has 0 aromatic carbocycles. The molecule has 0 bridgehead atoms. The van der Waals surface area contributed by atoms with E-state index in [-0.39, 0.29) is 5.91 Å². The van der Waals surface area contributed by atoms with Crippen molar-refractivity contribution in [1.82, 2.24) is 15.0 Å². The number of nitrogens with one attached hydrogen (secondary N) is 2. The van der Waals surface area contributed by atoms with Crippen molar-refractivity contribution in [1.29, 1.82) is 0 Å². The molecule has 0 unspecified atom stereocenters. The molecule has 0 saturated heterocycles. The van der Waals surface area contributed by atoms with Crippen LogP contribution in [0.15, 0.2) is 6.07 Å². The number of hydrogen-bond donors (Lipinski definition) is 2. The first kappa shape index (κ1) is 14.9. The summed E-state index contributed by atoms with van der Waals surface area (Å²) >= 11 is 1.60. The summed E-state index contributed by atoms with van der Waals surface area (Å²) in [7, 11) is 0. The molecule has 2 aromatic heterocycles. The zero-order valence-electron chi connectivity index (χ0n) is 12.8. The first-order valence-electron chi connectivity index (χ1n) is 7.45. The highest BCUT2D eigenvalue weighted by Gasteiger charge is 2.17. The molecule has 1 amide bonds. The molecule has 22 heavy (non-hydrogen) atoms. The molecule has 1 aliphatic carbocycles. The van der Waals surface area contributed by atoms with Gasteiger partial charge in [0, 0.05) is 29.2 Å². The van der Waals surface area contributed by atoms with Gasteiger partial charge in [-0.25, -0.2) is 15.0 Å². The van der Waals surface area contributed by atoms with Crippen LogP contribution in [0.25, 0.3) is 0 Å². The van der Waals surface area contributed by atoms with E-state index in [2.05, 4.69) is 25.6 Å². The van der Waals surface area contributed by atoms with Gasteiger partial charge in [0.2, 0.25) is 11.9 Å². The van der Waals surface area contributed by atoms with Crippen molar-refractivity contribution in [3.05, 3.63) is 28.0 Å². The van der Waals surface area contributed by atoms with Crippen LogP contribution in [0, 0.1) is 13.8 Å². The van der Waals surface area contributed by atoms with E-state index < -0.39 is 0 Å². The van der Waals surface area contributed by atoms with Crippen LogP contribution >= 0.6 is 11.3 Å². The molecule has 2 aromatic rings. The Bertz CT molecular complexity index is 655. The standard InChI is InChI=1S/C15H19N5OS/c1-9-8-10(2)18-14(17-9)16-7-6-13(21)20-15-19-11-4-3-5-12(11)22-15/h8H,3-7H2,1-2H3,(H,16,17,18)(H,19,20,21). The predicted octanol–water partition coefficient (Wildman–Crippen LogP) is 2.48. The third-order valence-corrected chi connectivity index (χ3v) is 4.53. The monoisotopic (exact) mass is 317 g/mol. The van der Waals surface area contributed by atoms with E-state index in [9.17, 15) is 4.79 Å². The van der Waals surface area contributed by atoms with Crippen molar-refractivity contribution in [3.63, 3.8) is 0 Å². The second kappa shape index (κ2) is 6.39. The maximum atomic E-state index is 11.9. The van der Waals surface area contributed by atoms with Crippen molar-refractivity contribution < 1.29 is 4.79 Å². The van der Waals surface area contributed by atoms with Gasteiger partial charge in [0.1, 0.15) is 0 Å². The zero-order chi connectivity index (χ0) is 15.5. The third kappa shape index (κ3) is 3.59. The highest BCUT2D eigenvalue weighted by molar-refractivity contribution is 7.15. The van der Waals surface area contributed by atoms with E-state index in [1.807, 2.05) is 19.9 Å². The van der Waals surface area contributed by atoms with E-state index >= 15 is 0 Å². The Morgan fingerprint density at radius 3 is 2.73 bits per heavy atom. The summed E-state index contributed by atoms with van der Waals surface area (Å²) in [4.78, 5) is 26.3. The first-order chi connectivity index (χ1) is 10.6. The van der Waals surface area contributed by atoms with Gasteiger partial charge in [0.25, 0.3) is 0 Å². The minimum Gasteiger partial charge on any atom is -0.354 e. The maximum Gasteiger partial charge on any atom is 0.227 e. The van der Waals surface area contributed by atoms with Crippen LogP contribution in [0.1, 0.15) is 34.8 Å². The van der Waals surface area contributed by atoms with Gasteiger partial charge in [0.05, 0.1) is 5.69 Å². The Kier molecular flexibility index (Phi) is 4.33. The molecule has 0 fully saturated rings. The Balaban J connectivity index is 1.47. The number of nitrogens with zero attached hydrogens (tertiary/aromatic N) is 3. The lowest BCUT2D eigenvalue weighted by molar-refractivity contribution is -0.115. The minimum absolute atomic E-state index is 0.0377. The van der Waals surface area contributed by atoms with Gasteiger partial charge in [0.15, 0.2) is 5.13 Å². The van der Waals surface area contributed by atoms with Crippen LogP contribution in [0.5, 0.6) is 0 Å². The molecule has 6 nitrogen and oxygen atoms in total. The lowest BCUT2D eigenvalue weighted by Gasteiger charge is -2.06. The lowest BCUT2D eigenvalue weighted by atomic mass is 10.3. The van der Waals surface area contributed by atoms with Crippen LogP contribution in [-0.2, 0) is 17.6 Å². The molecule has 2 N–H and O–H groups in total. The van der Waals surface area contributed by atoms with E-state index in [1.54, 1.807) is 11.3 Å². The summed E-state index contributed by atoms with van der Waals surface area (Å²) in [6.07, 6.45) is 3.67. The van der Waals surface area contributed by atoms with Crippen molar-refractivity contribution >= 4 is 28.3 Å². The maximum absolute atomic E-state index is 11.9. The summed E-state index contributed by atoms with van der Waals surface area (Å²) < 4.78 is 0. The van der Waals surface area contributed by atoms with Crippen molar-refractivity contribution in [2.75, 3.05) is 17.2 Å². The number of hydrogen-bond acceptors (Lipinski definition) is 6. The normalized spacial score (nSPS) is 13.0. The number of rotatable bonds is 5. The summed E-state index contributed by atoms with van der Waals surface area (Å²) in [6.45, 7) is 4.35. The number of anilines is 2. The topological polar surface area (TPSA) is 79.8 Å². The largest absolute Gasteiger partial charge is 0.354 e. The number of aryl methyl sites for hydroxylation is 4. The van der Waals surface area contributed by atoms with Crippen LogP contribution in [0.3, 0.4) is 0 Å². The van der Waals surface area contributed by atoms with Gasteiger partial charge in [-0.1, -0.05) is 0 Å². The lowest BCUT2D eigenvalue weighted by Crippen LogP contribution is -2.17. The summed E-state index contributed by atoms with van der Waals surface area (Å²) in [5.41, 5.74) is 2.98. The number of amides is 1. The molecular weight excluding hydrogens is 298 g/mol. The average molecular weight is 317 g/mol. The average Bonchev–Trinajstić information content (AvgIpc) is 2.98. The molecule has 116 valence electrons. The highest BCUT2D eigenvalue weighted by atomic mass is 32.1. The van der Waals surface area contributed by atoms with Gasteiger partial charge in [-0.05, 0) is 39.2 Å². The smallest absolute Gasteiger partial charge is 0.227 e. The molecule has 0 radical (unpaired) electrons. The number of thiazole rings is 1. The second-order valence-electron chi connectivity index (χ2n) is 5.44. The second-order valence-corrected chi connectivity index (χ2v) is 6.53. The summed E-state index contributed by atoms with van der Waals surface area (Å²) in [5, 5.41) is 6.67. The molecule has 3 rings (SSSR count). The number of fused-ring (bicyclic) bond motifs is 1. The molecule has 0 aliphatic heterocycles. The zero-order valence-corrected chi connectivity index (χ0v) is 13.6. The molecular formula is C15H19N5OS. The van der Waals surface area contributed by atoms with Gasteiger partial charge in [-0.2, -0.15) is 0 Å². The third-order valence-electron chi connectivity index (χ3n) is 3.46. The molecule has 7 heteroatoms. The SMILES string of the molecule is Cc1cc(C)nc(NCCC(=O)Nc2nc3c(s2)CCC3)n1. The minimum atomic E-state index is -0.0377. The fourth-order valence-corrected chi connectivity index (χ4v) is 3.58. The molecule has 0 atom stereocenters. The van der Waals surface area contributed by atoms with Crippen molar-refractivity contribution in [3.8, 4) is 0 Å². The highest BCUT2D eigenvalue weighted by Crippen LogP contribution is 2.30. The molecule has 0 saturated carbocycles. The first-order valence-corrected chi connectivity index (χ1v) is 8.26. The van der Waals surface area contributed by atoms with Crippen LogP contribution in [0.2, 0.25) is 0 Å². The van der Waals surface area contributed by atoms with Crippen LogP contribution < -0.4 is 10.6 Å². The Morgan fingerprint density at radius 2 is 2.00 bits per heavy atom. The molecule has 2 heterocycles. The van der Waals surface area contributed by atoms with Gasteiger partial charge in [-0.3, -0.25) is 4.79 Å². The van der Waals surface area contributed by atoms with Crippen molar-refractivity contribution in [2.24, 2.45) is 0 Å². The number of carbonyl (C=O) groups excluding carboxylic acids is 1. The Morgan fingerprint density at radius 1 is 1.23 bits per heavy atom. The summed E-state index contributed by atoms with van der Waals surface area (Å²) in [5.74, 6) is 0.530. The Labute approximate surface area is 133 Å². The van der Waals surface area contributed by atoms with E-state index in [1.165, 1.54) is 11.3 Å². The quantitative estimate of drug-likeness (QED) is 0.885. The number of aromatic nitrogens is 3. The van der Waals surface area contributed by atoms with E-state index in [0.29, 0.717) is 18.9 Å². The molecule has 1 aliphatic rings. The van der Waals surface area contributed by atoms with Crippen LogP contribution in [0.4, 0.5) is 11.1 Å². The summed E-state index contributed by atoms with van der Waals surface area (Å²) in [6, 6.07) is 1.92. The van der Waals surface area contributed by atoms with Gasteiger partial charge < -0.3 is 10.6 Å². The predicted molar refractivity (Wildman–Crippen MR) is 87.4 cm³/mol. The Hall–Kier alpha value is -2.02. The van der Waals surface area contributed by atoms with Gasteiger partial charge in [-0.15, -0.1) is 11.3 Å². The van der Waals surface area contributed by atoms with Crippen molar-refractivity contribution in [2.45, 2.75) is 39.5 Å².